The van der Waals surface area contributed by atoms with E-state index in [0.717, 1.165) is 19.4 Å². The molecular formula is C15H20N4O. The largest absolute Gasteiger partial charge is 0.362 e. The van der Waals surface area contributed by atoms with E-state index in [2.05, 4.69) is 39.3 Å². The maximum atomic E-state index is 5.98. The second-order valence-corrected chi connectivity index (χ2v) is 5.89. The Hall–Kier alpha value is -1.88. The molecule has 0 saturated heterocycles. The lowest BCUT2D eigenvalue weighted by atomic mass is 10.0. The van der Waals surface area contributed by atoms with Crippen LogP contribution in [0, 0.1) is 0 Å². The van der Waals surface area contributed by atoms with E-state index < -0.39 is 5.54 Å². The van der Waals surface area contributed by atoms with Crippen LogP contribution in [0.1, 0.15) is 37.5 Å². The van der Waals surface area contributed by atoms with Crippen molar-refractivity contribution < 1.29 is 4.52 Å². The highest BCUT2D eigenvalue weighted by atomic mass is 16.5. The molecule has 5 heteroatoms. The molecule has 3 rings (SSSR count). The summed E-state index contributed by atoms with van der Waals surface area (Å²) in [7, 11) is 0. The van der Waals surface area contributed by atoms with Gasteiger partial charge >= 0.3 is 0 Å². The van der Waals surface area contributed by atoms with E-state index in [4.69, 9.17) is 10.3 Å². The van der Waals surface area contributed by atoms with Gasteiger partial charge in [0.15, 0.2) is 5.82 Å². The molecule has 0 amide bonds. The van der Waals surface area contributed by atoms with Crippen molar-refractivity contribution in [3.05, 3.63) is 41.5 Å². The van der Waals surface area contributed by atoms with Crippen LogP contribution >= 0.6 is 0 Å². The zero-order valence-corrected chi connectivity index (χ0v) is 12.0. The standard InChI is InChI=1S/C15H20N4O/c1-15(2,16)14-17-13(20-18-14)10-19-9-5-7-11-6-3-4-8-12(11)19/h3-4,6,8H,5,7,9-10,16H2,1-2H3. The predicted molar refractivity (Wildman–Crippen MR) is 77.3 cm³/mol. The first-order valence-corrected chi connectivity index (χ1v) is 6.99. The third kappa shape index (κ3) is 2.54. The maximum absolute atomic E-state index is 5.98. The first kappa shape index (κ1) is 13.1. The number of aryl methyl sites for hydroxylation is 1. The summed E-state index contributed by atoms with van der Waals surface area (Å²) in [4.78, 5) is 6.70. The lowest BCUT2D eigenvalue weighted by Gasteiger charge is -2.29. The number of anilines is 1. The summed E-state index contributed by atoms with van der Waals surface area (Å²) in [6, 6.07) is 8.49. The van der Waals surface area contributed by atoms with Gasteiger partial charge in [-0.1, -0.05) is 23.4 Å². The predicted octanol–water partition coefficient (Wildman–Crippen LogP) is 2.22. The maximum Gasteiger partial charge on any atom is 0.246 e. The average molecular weight is 272 g/mol. The monoisotopic (exact) mass is 272 g/mol. The van der Waals surface area contributed by atoms with E-state index >= 15 is 0 Å². The van der Waals surface area contributed by atoms with Gasteiger partial charge in [-0.25, -0.2) is 0 Å². The molecule has 0 bridgehead atoms. The number of rotatable bonds is 3. The van der Waals surface area contributed by atoms with Crippen LogP contribution in [0.15, 0.2) is 28.8 Å². The van der Waals surface area contributed by atoms with Crippen molar-refractivity contribution in [2.75, 3.05) is 11.4 Å². The van der Waals surface area contributed by atoms with Crippen LogP contribution in [0.4, 0.5) is 5.69 Å². The van der Waals surface area contributed by atoms with Gasteiger partial charge in [0.05, 0.1) is 12.1 Å². The minimum absolute atomic E-state index is 0.554. The van der Waals surface area contributed by atoms with Gasteiger partial charge in [-0.3, -0.25) is 0 Å². The minimum atomic E-state index is -0.568. The van der Waals surface area contributed by atoms with E-state index in [-0.39, 0.29) is 0 Å². The number of benzene rings is 1. The third-order valence-electron chi connectivity index (χ3n) is 3.58. The van der Waals surface area contributed by atoms with Crippen LogP contribution in [0.3, 0.4) is 0 Å². The third-order valence-corrected chi connectivity index (χ3v) is 3.58. The highest BCUT2D eigenvalue weighted by molar-refractivity contribution is 5.55. The molecule has 1 aliphatic heterocycles. The van der Waals surface area contributed by atoms with Crippen molar-refractivity contribution >= 4 is 5.69 Å². The summed E-state index contributed by atoms with van der Waals surface area (Å²) in [6.07, 6.45) is 2.29. The van der Waals surface area contributed by atoms with Crippen LogP contribution in [-0.2, 0) is 18.5 Å². The molecule has 1 aromatic carbocycles. The fourth-order valence-corrected chi connectivity index (χ4v) is 2.52. The Morgan fingerprint density at radius 1 is 1.35 bits per heavy atom. The normalized spacial score (nSPS) is 15.2. The summed E-state index contributed by atoms with van der Waals surface area (Å²) in [6.45, 7) is 5.40. The lowest BCUT2D eigenvalue weighted by molar-refractivity contribution is 0.358. The fraction of sp³-hybridized carbons (Fsp3) is 0.467. The molecule has 1 aromatic heterocycles. The summed E-state index contributed by atoms with van der Waals surface area (Å²) in [5.74, 6) is 1.17. The number of hydrogen-bond donors (Lipinski definition) is 1. The van der Waals surface area contributed by atoms with Crippen LogP contribution in [0.5, 0.6) is 0 Å². The Labute approximate surface area is 118 Å². The molecule has 0 fully saturated rings. The quantitative estimate of drug-likeness (QED) is 0.927. The molecule has 1 aliphatic rings. The van der Waals surface area contributed by atoms with Gasteiger partial charge in [0.1, 0.15) is 0 Å². The van der Waals surface area contributed by atoms with Gasteiger partial charge < -0.3 is 15.2 Å². The number of hydrogen-bond acceptors (Lipinski definition) is 5. The Kier molecular flexibility index (Phi) is 3.22. The highest BCUT2D eigenvalue weighted by Gasteiger charge is 2.23. The molecule has 0 atom stereocenters. The summed E-state index contributed by atoms with van der Waals surface area (Å²) in [5, 5.41) is 3.97. The van der Waals surface area contributed by atoms with Crippen LogP contribution in [0.2, 0.25) is 0 Å². The van der Waals surface area contributed by atoms with E-state index in [9.17, 15) is 0 Å². The van der Waals surface area contributed by atoms with Crippen LogP contribution in [-0.4, -0.2) is 16.7 Å². The smallest absolute Gasteiger partial charge is 0.246 e. The Morgan fingerprint density at radius 2 is 2.15 bits per heavy atom. The van der Waals surface area contributed by atoms with Crippen molar-refractivity contribution in [2.45, 2.75) is 38.8 Å². The number of para-hydroxylation sites is 1. The van der Waals surface area contributed by atoms with Gasteiger partial charge in [0.25, 0.3) is 0 Å². The number of fused-ring (bicyclic) bond motifs is 1. The van der Waals surface area contributed by atoms with Gasteiger partial charge in [-0.15, -0.1) is 0 Å². The SMILES string of the molecule is CC(C)(N)c1noc(CN2CCCc3ccccc32)n1. The second kappa shape index (κ2) is 4.90. The molecule has 0 unspecified atom stereocenters. The zero-order chi connectivity index (χ0) is 14.2. The lowest BCUT2D eigenvalue weighted by Crippen LogP contribution is -2.31. The van der Waals surface area contributed by atoms with Crippen LogP contribution < -0.4 is 10.6 Å². The zero-order valence-electron chi connectivity index (χ0n) is 12.0. The molecule has 2 N–H and O–H groups in total. The Balaban J connectivity index is 1.81. The summed E-state index contributed by atoms with van der Waals surface area (Å²) < 4.78 is 5.33. The van der Waals surface area contributed by atoms with E-state index in [1.165, 1.54) is 11.3 Å². The molecule has 2 aromatic rings. The van der Waals surface area contributed by atoms with E-state index in [1.807, 2.05) is 13.8 Å². The van der Waals surface area contributed by atoms with E-state index in [1.54, 1.807) is 0 Å². The molecular weight excluding hydrogens is 252 g/mol. The van der Waals surface area contributed by atoms with Crippen molar-refractivity contribution in [1.82, 2.24) is 10.1 Å². The first-order valence-electron chi connectivity index (χ1n) is 6.99. The summed E-state index contributed by atoms with van der Waals surface area (Å²) >= 11 is 0. The molecule has 106 valence electrons. The van der Waals surface area contributed by atoms with Crippen molar-refractivity contribution in [2.24, 2.45) is 5.73 Å². The average Bonchev–Trinajstić information content (AvgIpc) is 2.88. The fourth-order valence-electron chi connectivity index (χ4n) is 2.52. The number of nitrogens with two attached hydrogens (primary N) is 1. The van der Waals surface area contributed by atoms with Crippen molar-refractivity contribution in [3.63, 3.8) is 0 Å². The molecule has 0 radical (unpaired) electrons. The Bertz CT molecular complexity index is 600. The van der Waals surface area contributed by atoms with Crippen molar-refractivity contribution in [1.29, 1.82) is 0 Å². The van der Waals surface area contributed by atoms with E-state index in [0.29, 0.717) is 18.3 Å². The first-order chi connectivity index (χ1) is 9.54. The van der Waals surface area contributed by atoms with Crippen molar-refractivity contribution in [3.8, 4) is 0 Å². The summed E-state index contributed by atoms with van der Waals surface area (Å²) in [5.41, 5.74) is 8.07. The number of nitrogens with zero attached hydrogens (tertiary/aromatic N) is 3. The molecule has 2 heterocycles. The van der Waals surface area contributed by atoms with Crippen LogP contribution in [0.25, 0.3) is 0 Å². The number of aromatic nitrogens is 2. The van der Waals surface area contributed by atoms with Gasteiger partial charge in [0, 0.05) is 12.2 Å². The molecule has 5 nitrogen and oxygen atoms in total. The van der Waals surface area contributed by atoms with Gasteiger partial charge in [-0.2, -0.15) is 4.98 Å². The molecule has 0 spiro atoms. The molecule has 20 heavy (non-hydrogen) atoms. The molecule has 0 aliphatic carbocycles. The topological polar surface area (TPSA) is 68.2 Å². The second-order valence-electron chi connectivity index (χ2n) is 5.89. The minimum Gasteiger partial charge on any atom is -0.362 e. The highest BCUT2D eigenvalue weighted by Crippen LogP contribution is 2.28. The Morgan fingerprint density at radius 3 is 2.90 bits per heavy atom. The van der Waals surface area contributed by atoms with Gasteiger partial charge in [-0.05, 0) is 38.3 Å². The van der Waals surface area contributed by atoms with Gasteiger partial charge in [0.2, 0.25) is 5.89 Å². The molecule has 0 saturated carbocycles.